The van der Waals surface area contributed by atoms with E-state index in [1.54, 1.807) is 41.6 Å². The van der Waals surface area contributed by atoms with Gasteiger partial charge in [-0.25, -0.2) is 0 Å². The van der Waals surface area contributed by atoms with Crippen LogP contribution in [0.5, 0.6) is 11.8 Å². The Bertz CT molecular complexity index is 932. The first-order valence-electron chi connectivity index (χ1n) is 8.27. The first kappa shape index (κ1) is 16.2. The summed E-state index contributed by atoms with van der Waals surface area (Å²) >= 11 is 0. The van der Waals surface area contributed by atoms with E-state index < -0.39 is 0 Å². The second kappa shape index (κ2) is 6.91. The normalized spacial score (nSPS) is 16.7. The first-order valence-corrected chi connectivity index (χ1v) is 8.27. The van der Waals surface area contributed by atoms with E-state index in [-0.39, 0.29) is 12.0 Å². The molecule has 3 heterocycles. The van der Waals surface area contributed by atoms with Gasteiger partial charge in [0.05, 0.1) is 24.7 Å². The van der Waals surface area contributed by atoms with Gasteiger partial charge in [-0.3, -0.25) is 14.8 Å². The van der Waals surface area contributed by atoms with Gasteiger partial charge < -0.3 is 14.4 Å². The second-order valence-corrected chi connectivity index (χ2v) is 5.95. The number of carbonyl (C=O) groups excluding carboxylic acids is 1. The second-order valence-electron chi connectivity index (χ2n) is 5.95. The zero-order chi connectivity index (χ0) is 17.9. The standard InChI is InChI=1S/C18H17N5O3/c1-25-16-4-5-17(22-21-16)26-13-6-9-23(11-13)18(24)12-2-3-14-15(10-12)20-8-7-19-14/h2-5,7-8,10,13H,6,9,11H2,1H3. The number of ether oxygens (including phenoxy) is 2. The Kier molecular flexibility index (Phi) is 4.30. The Labute approximate surface area is 149 Å². The molecule has 8 heteroatoms. The van der Waals surface area contributed by atoms with Crippen LogP contribution in [-0.4, -0.2) is 57.3 Å². The highest BCUT2D eigenvalue weighted by Gasteiger charge is 2.28. The van der Waals surface area contributed by atoms with E-state index in [9.17, 15) is 4.79 Å². The highest BCUT2D eigenvalue weighted by atomic mass is 16.5. The van der Waals surface area contributed by atoms with Crippen LogP contribution in [0.3, 0.4) is 0 Å². The molecule has 3 aromatic rings. The van der Waals surface area contributed by atoms with Crippen molar-refractivity contribution in [3.8, 4) is 11.8 Å². The predicted molar refractivity (Wildman–Crippen MR) is 93.1 cm³/mol. The number of fused-ring (bicyclic) bond motifs is 1. The van der Waals surface area contributed by atoms with Crippen molar-refractivity contribution >= 4 is 16.9 Å². The summed E-state index contributed by atoms with van der Waals surface area (Å²) in [4.78, 5) is 23.0. The van der Waals surface area contributed by atoms with Crippen molar-refractivity contribution in [2.75, 3.05) is 20.2 Å². The minimum absolute atomic E-state index is 0.0375. The van der Waals surface area contributed by atoms with E-state index in [4.69, 9.17) is 9.47 Å². The molecular weight excluding hydrogens is 334 g/mol. The Balaban J connectivity index is 1.42. The summed E-state index contributed by atoms with van der Waals surface area (Å²) in [5, 5.41) is 7.84. The lowest BCUT2D eigenvalue weighted by Gasteiger charge is -2.17. The molecular formula is C18H17N5O3. The van der Waals surface area contributed by atoms with Gasteiger partial charge in [0, 0.05) is 43.1 Å². The average Bonchev–Trinajstić information content (AvgIpc) is 3.16. The number of rotatable bonds is 4. The Hall–Kier alpha value is -3.29. The van der Waals surface area contributed by atoms with Crippen LogP contribution in [0.15, 0.2) is 42.7 Å². The fraction of sp³-hybridized carbons (Fsp3) is 0.278. The van der Waals surface area contributed by atoms with Crippen molar-refractivity contribution in [3.63, 3.8) is 0 Å². The van der Waals surface area contributed by atoms with E-state index in [0.29, 0.717) is 35.9 Å². The summed E-state index contributed by atoms with van der Waals surface area (Å²) in [6, 6.07) is 8.76. The monoisotopic (exact) mass is 351 g/mol. The molecule has 1 fully saturated rings. The minimum Gasteiger partial charge on any atom is -0.480 e. The van der Waals surface area contributed by atoms with Crippen LogP contribution in [0.25, 0.3) is 11.0 Å². The molecule has 1 aliphatic heterocycles. The van der Waals surface area contributed by atoms with Gasteiger partial charge in [0.25, 0.3) is 5.91 Å². The number of carbonyl (C=O) groups is 1. The predicted octanol–water partition coefficient (Wildman–Crippen LogP) is 1.72. The lowest BCUT2D eigenvalue weighted by molar-refractivity contribution is 0.0771. The summed E-state index contributed by atoms with van der Waals surface area (Å²) in [5.41, 5.74) is 2.08. The van der Waals surface area contributed by atoms with Crippen molar-refractivity contribution in [1.29, 1.82) is 0 Å². The lowest BCUT2D eigenvalue weighted by Crippen LogP contribution is -2.31. The largest absolute Gasteiger partial charge is 0.480 e. The van der Waals surface area contributed by atoms with E-state index in [1.807, 2.05) is 6.07 Å². The van der Waals surface area contributed by atoms with Gasteiger partial charge >= 0.3 is 0 Å². The summed E-state index contributed by atoms with van der Waals surface area (Å²) in [6.07, 6.45) is 3.88. The molecule has 0 N–H and O–H groups in total. The number of likely N-dealkylation sites (tertiary alicyclic amines) is 1. The zero-order valence-corrected chi connectivity index (χ0v) is 14.2. The van der Waals surface area contributed by atoms with Crippen LogP contribution >= 0.6 is 0 Å². The maximum Gasteiger partial charge on any atom is 0.254 e. The molecule has 1 saturated heterocycles. The van der Waals surface area contributed by atoms with Gasteiger partial charge in [-0.15, -0.1) is 10.2 Å². The van der Waals surface area contributed by atoms with Gasteiger partial charge in [0.15, 0.2) is 0 Å². The molecule has 132 valence electrons. The van der Waals surface area contributed by atoms with Crippen LogP contribution in [-0.2, 0) is 0 Å². The maximum absolute atomic E-state index is 12.7. The number of nitrogens with zero attached hydrogens (tertiary/aromatic N) is 5. The van der Waals surface area contributed by atoms with E-state index in [0.717, 1.165) is 11.9 Å². The molecule has 0 saturated carbocycles. The molecule has 1 amide bonds. The Morgan fingerprint density at radius 3 is 2.62 bits per heavy atom. The minimum atomic E-state index is -0.109. The summed E-state index contributed by atoms with van der Waals surface area (Å²) in [7, 11) is 1.53. The molecule has 1 aliphatic rings. The van der Waals surface area contributed by atoms with E-state index >= 15 is 0 Å². The van der Waals surface area contributed by atoms with Crippen LogP contribution in [0.1, 0.15) is 16.8 Å². The van der Waals surface area contributed by atoms with Crippen molar-refractivity contribution in [2.24, 2.45) is 0 Å². The fourth-order valence-electron chi connectivity index (χ4n) is 2.94. The number of aromatic nitrogens is 4. The van der Waals surface area contributed by atoms with Gasteiger partial charge in [-0.1, -0.05) is 0 Å². The molecule has 0 spiro atoms. The first-order chi connectivity index (χ1) is 12.7. The average molecular weight is 351 g/mol. The Morgan fingerprint density at radius 2 is 1.85 bits per heavy atom. The number of amides is 1. The lowest BCUT2D eigenvalue weighted by atomic mass is 10.1. The van der Waals surface area contributed by atoms with Crippen LogP contribution in [0.4, 0.5) is 0 Å². The fourth-order valence-corrected chi connectivity index (χ4v) is 2.94. The summed E-state index contributed by atoms with van der Waals surface area (Å²) in [5.74, 6) is 0.815. The van der Waals surface area contributed by atoms with Crippen LogP contribution in [0.2, 0.25) is 0 Å². The SMILES string of the molecule is COc1ccc(OC2CCN(C(=O)c3ccc4nccnc4c3)C2)nn1. The number of hydrogen-bond donors (Lipinski definition) is 0. The third kappa shape index (κ3) is 3.26. The molecule has 2 aromatic heterocycles. The molecule has 1 unspecified atom stereocenters. The molecule has 0 aliphatic carbocycles. The van der Waals surface area contributed by atoms with Crippen molar-refractivity contribution in [2.45, 2.75) is 12.5 Å². The maximum atomic E-state index is 12.7. The van der Waals surface area contributed by atoms with Crippen molar-refractivity contribution < 1.29 is 14.3 Å². The van der Waals surface area contributed by atoms with Gasteiger partial charge in [0.1, 0.15) is 6.10 Å². The van der Waals surface area contributed by atoms with E-state index in [1.165, 1.54) is 7.11 Å². The van der Waals surface area contributed by atoms with Crippen LogP contribution < -0.4 is 9.47 Å². The summed E-state index contributed by atoms with van der Waals surface area (Å²) < 4.78 is 10.8. The highest BCUT2D eigenvalue weighted by Crippen LogP contribution is 2.20. The topological polar surface area (TPSA) is 90.3 Å². The Morgan fingerprint density at radius 1 is 1.08 bits per heavy atom. The van der Waals surface area contributed by atoms with Gasteiger partial charge in [0.2, 0.25) is 11.8 Å². The third-order valence-corrected chi connectivity index (χ3v) is 4.26. The van der Waals surface area contributed by atoms with Crippen molar-refractivity contribution in [1.82, 2.24) is 25.1 Å². The van der Waals surface area contributed by atoms with Gasteiger partial charge in [-0.2, -0.15) is 0 Å². The van der Waals surface area contributed by atoms with Crippen LogP contribution in [0, 0.1) is 0 Å². The molecule has 0 bridgehead atoms. The van der Waals surface area contributed by atoms with Gasteiger partial charge in [-0.05, 0) is 18.2 Å². The smallest absolute Gasteiger partial charge is 0.254 e. The summed E-state index contributed by atoms with van der Waals surface area (Å²) in [6.45, 7) is 1.14. The number of hydrogen-bond acceptors (Lipinski definition) is 7. The molecule has 1 aromatic carbocycles. The molecule has 26 heavy (non-hydrogen) atoms. The molecule has 4 rings (SSSR count). The molecule has 0 radical (unpaired) electrons. The quantitative estimate of drug-likeness (QED) is 0.707. The van der Waals surface area contributed by atoms with Crippen molar-refractivity contribution in [3.05, 3.63) is 48.3 Å². The third-order valence-electron chi connectivity index (χ3n) is 4.26. The highest BCUT2D eigenvalue weighted by molar-refractivity contribution is 5.97. The number of methoxy groups -OCH3 is 1. The zero-order valence-electron chi connectivity index (χ0n) is 14.2. The molecule has 1 atom stereocenters. The molecule has 8 nitrogen and oxygen atoms in total. The number of benzene rings is 1. The van der Waals surface area contributed by atoms with E-state index in [2.05, 4.69) is 20.2 Å².